The van der Waals surface area contributed by atoms with Gasteiger partial charge in [0.15, 0.2) is 11.2 Å². The van der Waals surface area contributed by atoms with Crippen molar-refractivity contribution in [3.8, 4) is 0 Å². The number of rotatable bonds is 0. The van der Waals surface area contributed by atoms with Crippen molar-refractivity contribution in [2.75, 3.05) is 0 Å². The third kappa shape index (κ3) is 0.677. The zero-order chi connectivity index (χ0) is 9.10. The molecule has 13 heavy (non-hydrogen) atoms. The zero-order valence-corrected chi connectivity index (χ0v) is 7.17. The van der Waals surface area contributed by atoms with E-state index in [0.29, 0.717) is 0 Å². The molecule has 2 heterocycles. The van der Waals surface area contributed by atoms with Gasteiger partial charge < -0.3 is 9.47 Å². The lowest BCUT2D eigenvalue weighted by molar-refractivity contribution is -0.149. The van der Waals surface area contributed by atoms with Gasteiger partial charge in [-0.2, -0.15) is 0 Å². The minimum absolute atomic E-state index is 0.216. The highest BCUT2D eigenvalue weighted by Gasteiger charge is 2.70. The number of ether oxygens (including phenoxy) is 2. The summed E-state index contributed by atoms with van der Waals surface area (Å²) in [5.74, 6) is -0.431. The second kappa shape index (κ2) is 1.89. The Morgan fingerprint density at radius 2 is 1.38 bits per heavy atom. The van der Waals surface area contributed by atoms with Crippen LogP contribution in [0.5, 0.6) is 0 Å². The van der Waals surface area contributed by atoms with Crippen LogP contribution >= 0.6 is 0 Å². The predicted molar refractivity (Wildman–Crippen MR) is 40.7 cm³/mol. The highest BCUT2D eigenvalue weighted by molar-refractivity contribution is 5.83. The van der Waals surface area contributed by atoms with Gasteiger partial charge in [-0.1, -0.05) is 0 Å². The van der Waals surface area contributed by atoms with Crippen LogP contribution in [0.25, 0.3) is 0 Å². The molecule has 0 bridgehead atoms. The van der Waals surface area contributed by atoms with Gasteiger partial charge in [0.1, 0.15) is 0 Å². The average molecular weight is 182 g/mol. The number of carbonyl (C=O) groups is 2. The van der Waals surface area contributed by atoms with Crippen molar-refractivity contribution >= 4 is 11.9 Å². The maximum absolute atomic E-state index is 11.2. The third-order valence-corrected chi connectivity index (χ3v) is 3.47. The van der Waals surface area contributed by atoms with Gasteiger partial charge >= 0.3 is 11.9 Å². The highest BCUT2D eigenvalue weighted by atomic mass is 16.6. The molecule has 3 aliphatic rings. The first-order valence-electron chi connectivity index (χ1n) is 4.60. The molecule has 0 aromatic heterocycles. The Morgan fingerprint density at radius 3 is 1.85 bits per heavy atom. The Hall–Kier alpha value is -1.06. The molecule has 0 N–H and O–H groups in total. The summed E-state index contributed by atoms with van der Waals surface area (Å²) >= 11 is 0. The van der Waals surface area contributed by atoms with E-state index in [0.717, 1.165) is 19.3 Å². The maximum atomic E-state index is 11.2. The van der Waals surface area contributed by atoms with E-state index in [1.54, 1.807) is 0 Å². The minimum atomic E-state index is -0.582. The molecule has 0 aromatic carbocycles. The first-order valence-corrected chi connectivity index (χ1v) is 4.60. The Morgan fingerprint density at radius 1 is 0.923 bits per heavy atom. The normalized spacial score (nSPS) is 47.1. The van der Waals surface area contributed by atoms with Crippen molar-refractivity contribution in [1.29, 1.82) is 0 Å². The number of carbonyl (C=O) groups excluding carboxylic acids is 2. The topological polar surface area (TPSA) is 52.6 Å². The molecule has 2 unspecified atom stereocenters. The molecular formula is C9H10O4. The van der Waals surface area contributed by atoms with Gasteiger partial charge in [-0.3, -0.25) is 9.59 Å². The van der Waals surface area contributed by atoms with E-state index in [1.807, 2.05) is 0 Å². The van der Waals surface area contributed by atoms with Crippen LogP contribution in [0.15, 0.2) is 0 Å². The summed E-state index contributed by atoms with van der Waals surface area (Å²) in [7, 11) is 0. The fraction of sp³-hybridized carbons (Fsp3) is 0.778. The lowest BCUT2D eigenvalue weighted by Gasteiger charge is -2.27. The fourth-order valence-corrected chi connectivity index (χ4v) is 2.95. The number of hydrogen-bond donors (Lipinski definition) is 0. The summed E-state index contributed by atoms with van der Waals surface area (Å²) in [6.45, 7) is 0. The molecule has 70 valence electrons. The van der Waals surface area contributed by atoms with Crippen LogP contribution in [0.4, 0.5) is 0 Å². The van der Waals surface area contributed by atoms with Crippen LogP contribution in [0.2, 0.25) is 0 Å². The van der Waals surface area contributed by atoms with Crippen LogP contribution in [0, 0.1) is 0 Å². The maximum Gasteiger partial charge on any atom is 0.310 e. The van der Waals surface area contributed by atoms with E-state index in [-0.39, 0.29) is 24.8 Å². The molecule has 2 saturated heterocycles. The number of hydrogen-bond acceptors (Lipinski definition) is 4. The molecule has 3 rings (SSSR count). The molecule has 3 fully saturated rings. The van der Waals surface area contributed by atoms with E-state index in [9.17, 15) is 9.59 Å². The molecule has 4 heteroatoms. The monoisotopic (exact) mass is 182 g/mol. The Bertz CT molecular complexity index is 261. The summed E-state index contributed by atoms with van der Waals surface area (Å²) in [5, 5.41) is 0. The highest BCUT2D eigenvalue weighted by Crippen LogP contribution is 2.57. The third-order valence-electron chi connectivity index (χ3n) is 3.47. The van der Waals surface area contributed by atoms with Crippen molar-refractivity contribution in [2.24, 2.45) is 0 Å². The van der Waals surface area contributed by atoms with E-state index >= 15 is 0 Å². The molecule has 0 aromatic rings. The molecule has 0 radical (unpaired) electrons. The standard InChI is InChI=1S/C9H10O4/c10-6-4-8-2-1-3-9(8,13-6)5-7(11)12-8/h1-5H2. The van der Waals surface area contributed by atoms with Crippen LogP contribution in [-0.2, 0) is 19.1 Å². The predicted octanol–water partition coefficient (Wildman–Crippen LogP) is 0.542. The molecule has 2 atom stereocenters. The molecule has 1 saturated carbocycles. The summed E-state index contributed by atoms with van der Waals surface area (Å²) in [5.41, 5.74) is -1.16. The first-order chi connectivity index (χ1) is 6.16. The van der Waals surface area contributed by atoms with Crippen molar-refractivity contribution in [3.63, 3.8) is 0 Å². The van der Waals surface area contributed by atoms with Crippen LogP contribution < -0.4 is 0 Å². The average Bonchev–Trinajstić information content (AvgIpc) is 2.42. The lowest BCUT2D eigenvalue weighted by atomic mass is 9.86. The summed E-state index contributed by atoms with van der Waals surface area (Å²) in [4.78, 5) is 22.3. The van der Waals surface area contributed by atoms with Crippen LogP contribution in [0.1, 0.15) is 32.1 Å². The molecular weight excluding hydrogens is 172 g/mol. The smallest absolute Gasteiger partial charge is 0.310 e. The largest absolute Gasteiger partial charge is 0.454 e. The van der Waals surface area contributed by atoms with Gasteiger partial charge in [0.2, 0.25) is 0 Å². The van der Waals surface area contributed by atoms with Gasteiger partial charge in [0.05, 0.1) is 12.8 Å². The first kappa shape index (κ1) is 7.35. The zero-order valence-electron chi connectivity index (χ0n) is 7.17. The van der Waals surface area contributed by atoms with Crippen molar-refractivity contribution in [3.05, 3.63) is 0 Å². The second-order valence-corrected chi connectivity index (χ2v) is 4.14. The summed E-state index contributed by atoms with van der Waals surface area (Å²) in [6.07, 6.45) is 3.08. The lowest BCUT2D eigenvalue weighted by Crippen LogP contribution is -2.41. The fourth-order valence-electron chi connectivity index (χ4n) is 2.95. The van der Waals surface area contributed by atoms with E-state index < -0.39 is 11.2 Å². The van der Waals surface area contributed by atoms with Crippen molar-refractivity contribution in [2.45, 2.75) is 43.3 Å². The molecule has 4 nitrogen and oxygen atoms in total. The van der Waals surface area contributed by atoms with Crippen LogP contribution in [0.3, 0.4) is 0 Å². The van der Waals surface area contributed by atoms with Crippen LogP contribution in [-0.4, -0.2) is 23.1 Å². The Balaban J connectivity index is 2.09. The quantitative estimate of drug-likeness (QED) is 0.513. The van der Waals surface area contributed by atoms with Gasteiger partial charge in [0, 0.05) is 0 Å². The van der Waals surface area contributed by atoms with Crippen molar-refractivity contribution < 1.29 is 19.1 Å². The van der Waals surface area contributed by atoms with E-state index in [2.05, 4.69) is 0 Å². The Kier molecular flexibility index (Phi) is 1.07. The second-order valence-electron chi connectivity index (χ2n) is 4.14. The van der Waals surface area contributed by atoms with E-state index in [4.69, 9.17) is 9.47 Å². The van der Waals surface area contributed by atoms with Gasteiger partial charge in [-0.05, 0) is 19.3 Å². The minimum Gasteiger partial charge on any atom is -0.454 e. The molecule has 2 aliphatic heterocycles. The number of esters is 2. The molecule has 0 spiro atoms. The molecule has 1 aliphatic carbocycles. The summed E-state index contributed by atoms with van der Waals surface area (Å²) < 4.78 is 10.5. The molecule has 0 amide bonds. The SMILES string of the molecule is O=C1CC23CCCC2(CC(=O)O3)O1. The van der Waals surface area contributed by atoms with E-state index in [1.165, 1.54) is 0 Å². The van der Waals surface area contributed by atoms with Gasteiger partial charge in [0.25, 0.3) is 0 Å². The summed E-state index contributed by atoms with van der Waals surface area (Å²) in [6, 6.07) is 0. The van der Waals surface area contributed by atoms with Gasteiger partial charge in [-0.15, -0.1) is 0 Å². The Labute approximate surface area is 75.2 Å². The van der Waals surface area contributed by atoms with Gasteiger partial charge in [-0.25, -0.2) is 0 Å². The van der Waals surface area contributed by atoms with Crippen molar-refractivity contribution in [1.82, 2.24) is 0 Å².